The maximum absolute atomic E-state index is 10.9. The van der Waals surface area contributed by atoms with Gasteiger partial charge >= 0.3 is 5.97 Å². The average molecular weight is 274 g/mol. The minimum atomic E-state index is -0.382. The molecule has 0 heterocycles. The third kappa shape index (κ3) is 4.34. The van der Waals surface area contributed by atoms with Crippen molar-refractivity contribution in [3.05, 3.63) is 66.2 Å². The zero-order chi connectivity index (χ0) is 13.5. The molecule has 0 aliphatic carbocycles. The molecule has 2 rings (SSSR count). The molecule has 0 fully saturated rings. The molecule has 0 saturated carbocycles. The zero-order valence-electron chi connectivity index (χ0n) is 10.5. The van der Waals surface area contributed by atoms with Crippen molar-refractivity contribution in [2.24, 2.45) is 0 Å². The van der Waals surface area contributed by atoms with E-state index in [2.05, 4.69) is 0 Å². The van der Waals surface area contributed by atoms with Gasteiger partial charge in [0.05, 0.1) is 0 Å². The van der Waals surface area contributed by atoms with Crippen molar-refractivity contribution in [3.63, 3.8) is 0 Å². The smallest absolute Gasteiger partial charge is 0.314 e. The van der Waals surface area contributed by atoms with Gasteiger partial charge in [0, 0.05) is 12.5 Å². The number of rotatable bonds is 5. The molecule has 0 saturated heterocycles. The Hall–Kier alpha value is -1.94. The first-order valence-corrected chi connectivity index (χ1v) is 6.67. The van der Waals surface area contributed by atoms with Gasteiger partial charge in [-0.05, 0) is 12.1 Å². The third-order valence-electron chi connectivity index (χ3n) is 2.31. The van der Waals surface area contributed by atoms with E-state index in [1.807, 2.05) is 60.7 Å². The number of carbonyl (C=O) groups is 1. The van der Waals surface area contributed by atoms with E-state index in [0.717, 1.165) is 23.4 Å². The van der Waals surface area contributed by atoms with E-state index in [-0.39, 0.29) is 11.4 Å². The van der Waals surface area contributed by atoms with Gasteiger partial charge in [-0.25, -0.2) is 0 Å². The monoisotopic (exact) mass is 274 g/mol. The molecule has 1 atom stereocenters. The fourth-order valence-corrected chi connectivity index (χ4v) is 2.13. The number of hydrogen-bond donors (Lipinski definition) is 0. The van der Waals surface area contributed by atoms with E-state index in [0.29, 0.717) is 0 Å². The number of carbonyl (C=O) groups excluding carboxylic acids is 1. The summed E-state index contributed by atoms with van der Waals surface area (Å²) in [6.07, 6.45) is 0. The fourth-order valence-electron chi connectivity index (χ4n) is 1.49. The molecular weight excluding hydrogens is 260 g/mol. The van der Waals surface area contributed by atoms with Crippen LogP contribution in [-0.4, -0.2) is 5.97 Å². The minimum Gasteiger partial charge on any atom is -0.472 e. The highest BCUT2D eigenvalue weighted by Gasteiger charge is 2.16. The topological polar surface area (TPSA) is 35.5 Å². The molecule has 0 bridgehead atoms. The van der Waals surface area contributed by atoms with Crippen LogP contribution in [0.5, 0.6) is 5.75 Å². The van der Waals surface area contributed by atoms with Crippen molar-refractivity contribution in [3.8, 4) is 5.75 Å². The summed E-state index contributed by atoms with van der Waals surface area (Å²) in [7, 11) is 0. The second kappa shape index (κ2) is 6.85. The van der Waals surface area contributed by atoms with E-state index in [1.165, 1.54) is 6.92 Å². The summed E-state index contributed by atoms with van der Waals surface area (Å²) in [4.78, 5) is 10.9. The van der Waals surface area contributed by atoms with Crippen molar-refractivity contribution >= 4 is 18.0 Å². The van der Waals surface area contributed by atoms with Gasteiger partial charge in [-0.2, -0.15) is 0 Å². The van der Waals surface area contributed by atoms with E-state index in [9.17, 15) is 4.79 Å². The van der Waals surface area contributed by atoms with Crippen molar-refractivity contribution in [2.45, 2.75) is 12.4 Å². The Morgan fingerprint density at radius 1 is 1.00 bits per heavy atom. The summed E-state index contributed by atoms with van der Waals surface area (Å²) in [6.45, 7) is 1.37. The van der Waals surface area contributed by atoms with Crippen LogP contribution in [0.2, 0.25) is 0 Å². The molecule has 3 nitrogen and oxygen atoms in total. The van der Waals surface area contributed by atoms with Crippen LogP contribution in [0, 0.1) is 0 Å². The number of para-hydroxylation sites is 1. The molecule has 19 heavy (non-hydrogen) atoms. The van der Waals surface area contributed by atoms with Gasteiger partial charge in [0.15, 0.2) is 0 Å². The van der Waals surface area contributed by atoms with Gasteiger partial charge in [-0.1, -0.05) is 48.5 Å². The van der Waals surface area contributed by atoms with Gasteiger partial charge in [0.1, 0.15) is 17.8 Å². The molecule has 1 unspecified atom stereocenters. The van der Waals surface area contributed by atoms with Crippen molar-refractivity contribution in [1.82, 2.24) is 0 Å². The van der Waals surface area contributed by atoms with E-state index in [4.69, 9.17) is 8.92 Å². The quantitative estimate of drug-likeness (QED) is 0.610. The number of hydrogen-bond acceptors (Lipinski definition) is 4. The summed E-state index contributed by atoms with van der Waals surface area (Å²) < 4.78 is 10.8. The molecule has 0 aromatic heterocycles. The predicted octanol–water partition coefficient (Wildman–Crippen LogP) is 3.98. The van der Waals surface area contributed by atoms with Crippen LogP contribution in [-0.2, 0) is 8.98 Å². The van der Waals surface area contributed by atoms with Crippen LogP contribution in [0.25, 0.3) is 0 Å². The maximum atomic E-state index is 10.9. The van der Waals surface area contributed by atoms with E-state index in [1.54, 1.807) is 0 Å². The largest absolute Gasteiger partial charge is 0.472 e. The molecule has 2 aromatic rings. The Labute approximate surface area is 116 Å². The second-order valence-corrected chi connectivity index (χ2v) is 4.63. The molecule has 0 aliphatic rings. The Morgan fingerprint density at radius 2 is 1.58 bits per heavy atom. The summed E-state index contributed by atoms with van der Waals surface area (Å²) in [6, 6.07) is 19.1. The standard InChI is InChI=1S/C15H14O3S/c1-12(16)18-19-15(13-8-4-2-5-9-13)17-14-10-6-3-7-11-14/h2-11,15H,1H3. The molecule has 0 spiro atoms. The van der Waals surface area contributed by atoms with Crippen LogP contribution in [0.3, 0.4) is 0 Å². The van der Waals surface area contributed by atoms with Crippen LogP contribution < -0.4 is 4.74 Å². The Morgan fingerprint density at radius 3 is 2.16 bits per heavy atom. The molecule has 0 N–H and O–H groups in total. The summed E-state index contributed by atoms with van der Waals surface area (Å²) in [5.41, 5.74) is 0.560. The van der Waals surface area contributed by atoms with Gasteiger partial charge in [0.25, 0.3) is 0 Å². The van der Waals surface area contributed by atoms with Gasteiger partial charge in [-0.15, -0.1) is 0 Å². The second-order valence-electron chi connectivity index (χ2n) is 3.84. The first-order valence-electron chi connectivity index (χ1n) is 5.86. The van der Waals surface area contributed by atoms with Crippen LogP contribution in [0.4, 0.5) is 0 Å². The van der Waals surface area contributed by atoms with Crippen molar-refractivity contribution < 1.29 is 13.7 Å². The molecule has 98 valence electrons. The maximum Gasteiger partial charge on any atom is 0.314 e. The van der Waals surface area contributed by atoms with Crippen LogP contribution >= 0.6 is 12.0 Å². The lowest BCUT2D eigenvalue weighted by atomic mass is 10.2. The average Bonchev–Trinajstić information content (AvgIpc) is 2.45. The normalized spacial score (nSPS) is 11.6. The van der Waals surface area contributed by atoms with E-state index >= 15 is 0 Å². The van der Waals surface area contributed by atoms with Crippen molar-refractivity contribution in [2.75, 3.05) is 0 Å². The molecule has 0 amide bonds. The summed E-state index contributed by atoms with van der Waals surface area (Å²) in [5.74, 6) is 0.388. The van der Waals surface area contributed by atoms with Gasteiger partial charge < -0.3 is 8.92 Å². The Kier molecular flexibility index (Phi) is 4.86. The first-order chi connectivity index (χ1) is 9.25. The lowest BCUT2D eigenvalue weighted by molar-refractivity contribution is -0.130. The third-order valence-corrected chi connectivity index (χ3v) is 3.19. The lowest BCUT2D eigenvalue weighted by Gasteiger charge is -2.17. The minimum absolute atomic E-state index is 0.345. The van der Waals surface area contributed by atoms with Crippen LogP contribution in [0.15, 0.2) is 60.7 Å². The van der Waals surface area contributed by atoms with Crippen molar-refractivity contribution in [1.29, 1.82) is 0 Å². The van der Waals surface area contributed by atoms with E-state index < -0.39 is 0 Å². The predicted molar refractivity (Wildman–Crippen MR) is 75.6 cm³/mol. The summed E-state index contributed by atoms with van der Waals surface area (Å²) in [5, 5.41) is 0. The van der Waals surface area contributed by atoms with Gasteiger partial charge in [0.2, 0.25) is 5.44 Å². The highest BCUT2D eigenvalue weighted by molar-refractivity contribution is 7.95. The molecule has 2 aromatic carbocycles. The first kappa shape index (κ1) is 13.5. The summed E-state index contributed by atoms with van der Waals surface area (Å²) >= 11 is 1.01. The highest BCUT2D eigenvalue weighted by Crippen LogP contribution is 2.32. The number of benzene rings is 2. The molecule has 4 heteroatoms. The molecule has 0 aliphatic heterocycles. The number of ether oxygens (including phenoxy) is 1. The Balaban J connectivity index is 2.12. The van der Waals surface area contributed by atoms with Crippen LogP contribution in [0.1, 0.15) is 17.9 Å². The molecule has 0 radical (unpaired) electrons. The molecular formula is C15H14O3S. The fraction of sp³-hybridized carbons (Fsp3) is 0.133. The SMILES string of the molecule is CC(=O)OSC(Oc1ccccc1)c1ccccc1. The highest BCUT2D eigenvalue weighted by atomic mass is 32.2. The lowest BCUT2D eigenvalue weighted by Crippen LogP contribution is -2.05. The Bertz CT molecular complexity index is 513. The van der Waals surface area contributed by atoms with Gasteiger partial charge in [-0.3, -0.25) is 4.79 Å². The zero-order valence-corrected chi connectivity index (χ0v) is 11.3.